The molecule has 0 bridgehead atoms. The number of carbonyl (C=O) groups excluding carboxylic acids is 1. The molecule has 128 valence electrons. The number of piperidine rings is 1. The van der Waals surface area contributed by atoms with Gasteiger partial charge in [-0.2, -0.15) is 5.26 Å². The molecule has 2 heterocycles. The Balaban J connectivity index is 1.47. The molecule has 1 amide bonds. The Bertz CT molecular complexity index is 626. The summed E-state index contributed by atoms with van der Waals surface area (Å²) in [6.45, 7) is 4.23. The van der Waals surface area contributed by atoms with E-state index in [4.69, 9.17) is 5.26 Å². The molecule has 0 N–H and O–H groups in total. The molecule has 1 aromatic carbocycles. The summed E-state index contributed by atoms with van der Waals surface area (Å²) in [6.07, 6.45) is 4.94. The van der Waals surface area contributed by atoms with E-state index in [0.717, 1.165) is 51.9 Å². The average Bonchev–Trinajstić information content (AvgIpc) is 3.13. The minimum Gasteiger partial charge on any atom is -0.343 e. The maximum Gasteiger partial charge on any atom is 0.222 e. The summed E-state index contributed by atoms with van der Waals surface area (Å²) in [4.78, 5) is 16.5. The summed E-state index contributed by atoms with van der Waals surface area (Å²) in [5.41, 5.74) is 0.996. The van der Waals surface area contributed by atoms with Crippen LogP contribution in [0, 0.1) is 23.1 Å². The molecule has 0 spiro atoms. The van der Waals surface area contributed by atoms with Crippen LogP contribution < -0.4 is 0 Å². The summed E-state index contributed by atoms with van der Waals surface area (Å²) >= 11 is 0. The number of benzene rings is 1. The van der Waals surface area contributed by atoms with Crippen molar-refractivity contribution in [2.24, 2.45) is 5.92 Å². The summed E-state index contributed by atoms with van der Waals surface area (Å²) < 4.78 is 14.0. The number of halogens is 1. The molecule has 24 heavy (non-hydrogen) atoms. The van der Waals surface area contributed by atoms with Crippen molar-refractivity contribution in [2.75, 3.05) is 26.2 Å². The molecule has 5 heteroatoms. The fraction of sp³-hybridized carbons (Fsp3) is 0.579. The Labute approximate surface area is 142 Å². The van der Waals surface area contributed by atoms with Gasteiger partial charge in [0.15, 0.2) is 0 Å². The first-order valence-electron chi connectivity index (χ1n) is 8.84. The lowest BCUT2D eigenvalue weighted by atomic mass is 9.92. The lowest BCUT2D eigenvalue weighted by Gasteiger charge is -2.32. The van der Waals surface area contributed by atoms with Crippen molar-refractivity contribution in [3.05, 3.63) is 35.1 Å². The smallest absolute Gasteiger partial charge is 0.222 e. The molecule has 1 aromatic rings. The third kappa shape index (κ3) is 4.12. The Hall–Kier alpha value is -1.93. The first kappa shape index (κ1) is 16.9. The zero-order valence-electron chi connectivity index (χ0n) is 14.0. The molecule has 3 rings (SSSR count). The molecular formula is C19H24FN3O. The second-order valence-electron chi connectivity index (χ2n) is 6.93. The van der Waals surface area contributed by atoms with Crippen molar-refractivity contribution in [3.8, 4) is 6.07 Å². The average molecular weight is 329 g/mol. The normalized spacial score (nSPS) is 19.4. The van der Waals surface area contributed by atoms with Gasteiger partial charge in [0.1, 0.15) is 5.82 Å². The zero-order valence-corrected chi connectivity index (χ0v) is 14.0. The van der Waals surface area contributed by atoms with Gasteiger partial charge in [0.2, 0.25) is 5.91 Å². The predicted molar refractivity (Wildman–Crippen MR) is 89.5 cm³/mol. The topological polar surface area (TPSA) is 47.3 Å². The number of hydrogen-bond acceptors (Lipinski definition) is 3. The fourth-order valence-electron chi connectivity index (χ4n) is 3.68. The molecule has 2 saturated heterocycles. The molecule has 2 aliphatic rings. The lowest BCUT2D eigenvalue weighted by molar-refractivity contribution is -0.131. The predicted octanol–water partition coefficient (Wildman–Crippen LogP) is 2.92. The lowest BCUT2D eigenvalue weighted by Crippen LogP contribution is -2.36. The Morgan fingerprint density at radius 2 is 1.92 bits per heavy atom. The number of nitrogens with zero attached hydrogens (tertiary/aromatic N) is 3. The van der Waals surface area contributed by atoms with Crippen LogP contribution in [0.5, 0.6) is 0 Å². The molecule has 0 radical (unpaired) electrons. The third-order valence-electron chi connectivity index (χ3n) is 5.21. The Morgan fingerprint density at radius 3 is 2.54 bits per heavy atom. The quantitative estimate of drug-likeness (QED) is 0.853. The van der Waals surface area contributed by atoms with Gasteiger partial charge in [-0.05, 0) is 56.8 Å². The minimum atomic E-state index is -0.305. The van der Waals surface area contributed by atoms with Gasteiger partial charge in [0.25, 0.3) is 0 Å². The van der Waals surface area contributed by atoms with Gasteiger partial charge < -0.3 is 4.90 Å². The van der Waals surface area contributed by atoms with E-state index in [1.54, 1.807) is 12.1 Å². The second kappa shape index (κ2) is 7.76. The van der Waals surface area contributed by atoms with Gasteiger partial charge in [-0.3, -0.25) is 9.69 Å². The van der Waals surface area contributed by atoms with Crippen LogP contribution in [0.4, 0.5) is 4.39 Å². The van der Waals surface area contributed by atoms with Crippen molar-refractivity contribution in [1.82, 2.24) is 9.80 Å². The summed E-state index contributed by atoms with van der Waals surface area (Å²) in [5, 5.41) is 8.80. The van der Waals surface area contributed by atoms with E-state index in [2.05, 4.69) is 4.90 Å². The van der Waals surface area contributed by atoms with Gasteiger partial charge in [0.05, 0.1) is 11.6 Å². The van der Waals surface area contributed by atoms with Crippen molar-refractivity contribution in [3.63, 3.8) is 0 Å². The highest BCUT2D eigenvalue weighted by molar-refractivity contribution is 5.76. The van der Waals surface area contributed by atoms with Crippen molar-refractivity contribution < 1.29 is 9.18 Å². The number of amides is 1. The molecule has 0 saturated carbocycles. The highest BCUT2D eigenvalue weighted by Gasteiger charge is 2.25. The van der Waals surface area contributed by atoms with Crippen LogP contribution in [0.2, 0.25) is 0 Å². The Morgan fingerprint density at radius 1 is 1.21 bits per heavy atom. The van der Waals surface area contributed by atoms with Crippen molar-refractivity contribution in [1.29, 1.82) is 5.26 Å². The van der Waals surface area contributed by atoms with Gasteiger partial charge in [-0.15, -0.1) is 0 Å². The SMILES string of the molecule is N#Cc1ccc(CN2CCC(CC(=O)N3CCCC3)CC2)c(F)c1. The minimum absolute atomic E-state index is 0.305. The Kier molecular flexibility index (Phi) is 5.47. The van der Waals surface area contributed by atoms with Crippen LogP contribution in [-0.4, -0.2) is 41.9 Å². The third-order valence-corrected chi connectivity index (χ3v) is 5.21. The van der Waals surface area contributed by atoms with E-state index in [0.29, 0.717) is 35.9 Å². The highest BCUT2D eigenvalue weighted by atomic mass is 19.1. The molecule has 0 atom stereocenters. The molecule has 4 nitrogen and oxygen atoms in total. The van der Waals surface area contributed by atoms with Crippen LogP contribution in [0.25, 0.3) is 0 Å². The summed E-state index contributed by atoms with van der Waals surface area (Å²) in [6, 6.07) is 6.63. The number of hydrogen-bond donors (Lipinski definition) is 0. The van der Waals surface area contributed by atoms with Gasteiger partial charge in [0, 0.05) is 31.6 Å². The number of rotatable bonds is 4. The van der Waals surface area contributed by atoms with Crippen LogP contribution in [-0.2, 0) is 11.3 Å². The standard InChI is InChI=1S/C19H24FN3O/c20-18-11-16(13-21)3-4-17(18)14-22-9-5-15(6-10-22)12-19(24)23-7-1-2-8-23/h3-4,11,15H,1-2,5-10,12,14H2. The monoisotopic (exact) mass is 329 g/mol. The van der Waals surface area contributed by atoms with E-state index < -0.39 is 0 Å². The first-order valence-corrected chi connectivity index (χ1v) is 8.84. The summed E-state index contributed by atoms with van der Waals surface area (Å²) in [5.74, 6) is 0.463. The molecular weight excluding hydrogens is 305 g/mol. The summed E-state index contributed by atoms with van der Waals surface area (Å²) in [7, 11) is 0. The molecule has 0 aliphatic carbocycles. The van der Waals surface area contributed by atoms with E-state index >= 15 is 0 Å². The van der Waals surface area contributed by atoms with E-state index in [9.17, 15) is 9.18 Å². The highest BCUT2D eigenvalue weighted by Crippen LogP contribution is 2.24. The number of likely N-dealkylation sites (tertiary alicyclic amines) is 2. The van der Waals surface area contributed by atoms with E-state index in [1.165, 1.54) is 6.07 Å². The number of nitriles is 1. The van der Waals surface area contributed by atoms with Crippen LogP contribution in [0.1, 0.15) is 43.2 Å². The fourth-order valence-corrected chi connectivity index (χ4v) is 3.68. The van der Waals surface area contributed by atoms with Crippen molar-refractivity contribution in [2.45, 2.75) is 38.6 Å². The molecule has 0 unspecified atom stereocenters. The van der Waals surface area contributed by atoms with E-state index in [1.807, 2.05) is 11.0 Å². The molecule has 2 aliphatic heterocycles. The number of carbonyl (C=O) groups is 1. The molecule has 0 aromatic heterocycles. The van der Waals surface area contributed by atoms with Crippen LogP contribution >= 0.6 is 0 Å². The van der Waals surface area contributed by atoms with Gasteiger partial charge in [-0.25, -0.2) is 4.39 Å². The maximum atomic E-state index is 14.0. The second-order valence-corrected chi connectivity index (χ2v) is 6.93. The van der Waals surface area contributed by atoms with Gasteiger partial charge in [-0.1, -0.05) is 6.07 Å². The maximum absolute atomic E-state index is 14.0. The molecule has 2 fully saturated rings. The van der Waals surface area contributed by atoms with Gasteiger partial charge >= 0.3 is 0 Å². The largest absolute Gasteiger partial charge is 0.343 e. The van der Waals surface area contributed by atoms with Crippen LogP contribution in [0.3, 0.4) is 0 Å². The zero-order chi connectivity index (χ0) is 16.9. The first-order chi connectivity index (χ1) is 11.7. The van der Waals surface area contributed by atoms with Crippen molar-refractivity contribution >= 4 is 5.91 Å². The van der Waals surface area contributed by atoms with E-state index in [-0.39, 0.29) is 5.82 Å². The van der Waals surface area contributed by atoms with Crippen LogP contribution in [0.15, 0.2) is 18.2 Å².